The van der Waals surface area contributed by atoms with Crippen LogP contribution in [0.25, 0.3) is 0 Å². The van der Waals surface area contributed by atoms with Crippen LogP contribution in [-0.4, -0.2) is 19.7 Å². The monoisotopic (exact) mass is 334 g/mol. The third kappa shape index (κ3) is 4.17. The van der Waals surface area contributed by atoms with Crippen LogP contribution in [0.5, 0.6) is 5.75 Å². The van der Waals surface area contributed by atoms with Crippen LogP contribution in [0.1, 0.15) is 6.92 Å². The fraction of sp³-hybridized carbons (Fsp3) is 0.250. The molecule has 0 bridgehead atoms. The zero-order valence-corrected chi connectivity index (χ0v) is 13.1. The van der Waals surface area contributed by atoms with Gasteiger partial charge in [0.1, 0.15) is 12.4 Å². The second-order valence-electron chi connectivity index (χ2n) is 4.48. The van der Waals surface area contributed by atoms with E-state index in [-0.39, 0.29) is 0 Å². The van der Waals surface area contributed by atoms with Crippen molar-refractivity contribution in [3.05, 3.63) is 53.0 Å². The second-order valence-corrected chi connectivity index (χ2v) is 5.39. The number of halogens is 1. The number of ether oxygens (including phenoxy) is 1. The summed E-state index contributed by atoms with van der Waals surface area (Å²) < 4.78 is 6.81. The molecule has 0 aliphatic carbocycles. The van der Waals surface area contributed by atoms with E-state index in [4.69, 9.17) is 10.5 Å². The number of nitrogens with two attached hydrogens (primary N) is 1. The van der Waals surface area contributed by atoms with Gasteiger partial charge >= 0.3 is 0 Å². The number of hydrogen-bond acceptors (Lipinski definition) is 3. The molecule has 0 atom stereocenters. The van der Waals surface area contributed by atoms with Crippen molar-refractivity contribution in [1.82, 2.24) is 0 Å². The Bertz CT molecular complexity index is 542. The zero-order valence-electron chi connectivity index (χ0n) is 11.6. The van der Waals surface area contributed by atoms with Crippen LogP contribution >= 0.6 is 15.9 Å². The lowest BCUT2D eigenvalue weighted by Crippen LogP contribution is -2.28. The molecule has 0 aliphatic heterocycles. The summed E-state index contributed by atoms with van der Waals surface area (Å²) in [5.74, 6) is 0.886. The van der Waals surface area contributed by atoms with Crippen molar-refractivity contribution in [3.8, 4) is 5.75 Å². The molecule has 0 aliphatic rings. The molecule has 0 amide bonds. The first-order valence-corrected chi connectivity index (χ1v) is 7.47. The van der Waals surface area contributed by atoms with Gasteiger partial charge in [-0.25, -0.2) is 0 Å². The Balaban J connectivity index is 1.89. The first kappa shape index (κ1) is 14.7. The van der Waals surface area contributed by atoms with E-state index in [9.17, 15) is 0 Å². The van der Waals surface area contributed by atoms with Crippen molar-refractivity contribution in [2.75, 3.05) is 30.3 Å². The van der Waals surface area contributed by atoms with Crippen LogP contribution in [0.2, 0.25) is 0 Å². The third-order valence-corrected chi connectivity index (χ3v) is 3.59. The minimum atomic E-state index is 0.643. The molecule has 20 heavy (non-hydrogen) atoms. The Hall–Kier alpha value is -1.68. The molecule has 2 N–H and O–H groups in total. The SMILES string of the molecule is CCN(CCOc1ccc(Br)cc1)c1cccc(N)c1. The van der Waals surface area contributed by atoms with E-state index in [2.05, 4.69) is 33.8 Å². The van der Waals surface area contributed by atoms with Gasteiger partial charge in [-0.05, 0) is 49.4 Å². The molecule has 2 rings (SSSR count). The Morgan fingerprint density at radius 1 is 1.15 bits per heavy atom. The highest BCUT2D eigenvalue weighted by molar-refractivity contribution is 9.10. The lowest BCUT2D eigenvalue weighted by Gasteiger charge is -2.23. The highest BCUT2D eigenvalue weighted by atomic mass is 79.9. The van der Waals surface area contributed by atoms with Crippen LogP contribution in [0, 0.1) is 0 Å². The smallest absolute Gasteiger partial charge is 0.119 e. The Morgan fingerprint density at radius 3 is 2.55 bits per heavy atom. The van der Waals surface area contributed by atoms with Crippen LogP contribution in [0.3, 0.4) is 0 Å². The number of benzene rings is 2. The van der Waals surface area contributed by atoms with E-state index < -0.39 is 0 Å². The molecule has 0 heterocycles. The number of rotatable bonds is 6. The van der Waals surface area contributed by atoms with Crippen molar-refractivity contribution >= 4 is 27.3 Å². The molecular weight excluding hydrogens is 316 g/mol. The molecule has 0 spiro atoms. The molecule has 2 aromatic rings. The summed E-state index contributed by atoms with van der Waals surface area (Å²) in [6.45, 7) is 4.52. The number of nitrogens with zero attached hydrogens (tertiary/aromatic N) is 1. The van der Waals surface area contributed by atoms with Crippen molar-refractivity contribution in [3.63, 3.8) is 0 Å². The quantitative estimate of drug-likeness (QED) is 0.813. The maximum atomic E-state index is 5.82. The predicted octanol–water partition coefficient (Wildman–Crippen LogP) is 3.94. The van der Waals surface area contributed by atoms with Gasteiger partial charge in [0.15, 0.2) is 0 Å². The van der Waals surface area contributed by atoms with Gasteiger partial charge in [-0.3, -0.25) is 0 Å². The van der Waals surface area contributed by atoms with E-state index in [1.165, 1.54) is 0 Å². The second kappa shape index (κ2) is 7.20. The summed E-state index contributed by atoms with van der Waals surface area (Å²) >= 11 is 3.41. The first-order valence-electron chi connectivity index (χ1n) is 6.68. The summed E-state index contributed by atoms with van der Waals surface area (Å²) in [7, 11) is 0. The van der Waals surface area contributed by atoms with Crippen molar-refractivity contribution in [1.29, 1.82) is 0 Å². The Labute approximate surface area is 128 Å². The number of nitrogen functional groups attached to an aromatic ring is 1. The fourth-order valence-electron chi connectivity index (χ4n) is 2.00. The maximum absolute atomic E-state index is 5.82. The Kier molecular flexibility index (Phi) is 5.30. The van der Waals surface area contributed by atoms with Crippen LogP contribution in [-0.2, 0) is 0 Å². The molecule has 0 saturated carbocycles. The predicted molar refractivity (Wildman–Crippen MR) is 88.4 cm³/mol. The summed E-state index contributed by atoms with van der Waals surface area (Å²) in [5, 5.41) is 0. The summed E-state index contributed by atoms with van der Waals surface area (Å²) in [5.41, 5.74) is 7.74. The topological polar surface area (TPSA) is 38.5 Å². The molecule has 0 aromatic heterocycles. The molecule has 2 aromatic carbocycles. The van der Waals surface area contributed by atoms with Gasteiger partial charge in [0.25, 0.3) is 0 Å². The third-order valence-electron chi connectivity index (χ3n) is 3.06. The average molecular weight is 335 g/mol. The molecule has 4 heteroatoms. The number of hydrogen-bond donors (Lipinski definition) is 1. The van der Waals surface area contributed by atoms with Gasteiger partial charge in [0.05, 0.1) is 6.54 Å². The normalized spacial score (nSPS) is 10.3. The molecule has 0 unspecified atom stereocenters. The van der Waals surface area contributed by atoms with Crippen molar-refractivity contribution < 1.29 is 4.74 Å². The van der Waals surface area contributed by atoms with E-state index >= 15 is 0 Å². The van der Waals surface area contributed by atoms with Gasteiger partial charge in [-0.15, -0.1) is 0 Å². The van der Waals surface area contributed by atoms with Crippen LogP contribution in [0.15, 0.2) is 53.0 Å². The van der Waals surface area contributed by atoms with Gasteiger partial charge in [-0.1, -0.05) is 22.0 Å². The minimum absolute atomic E-state index is 0.643. The molecule has 0 fully saturated rings. The molecular formula is C16H19BrN2O. The number of likely N-dealkylation sites (N-methyl/N-ethyl adjacent to an activating group) is 1. The molecule has 0 radical (unpaired) electrons. The highest BCUT2D eigenvalue weighted by Crippen LogP contribution is 2.18. The fourth-order valence-corrected chi connectivity index (χ4v) is 2.26. The van der Waals surface area contributed by atoms with Crippen LogP contribution in [0.4, 0.5) is 11.4 Å². The molecule has 106 valence electrons. The largest absolute Gasteiger partial charge is 0.492 e. The van der Waals surface area contributed by atoms with Gasteiger partial charge in [0.2, 0.25) is 0 Å². The number of anilines is 2. The lowest BCUT2D eigenvalue weighted by molar-refractivity contribution is 0.324. The minimum Gasteiger partial charge on any atom is -0.492 e. The Morgan fingerprint density at radius 2 is 1.90 bits per heavy atom. The van der Waals surface area contributed by atoms with Crippen LogP contribution < -0.4 is 15.4 Å². The standard InChI is InChI=1S/C16H19BrN2O/c1-2-19(15-5-3-4-14(18)12-15)10-11-20-16-8-6-13(17)7-9-16/h3-9,12H,2,10-11,18H2,1H3. The summed E-state index contributed by atoms with van der Waals surface area (Å²) in [6, 6.07) is 15.8. The van der Waals surface area contributed by atoms with E-state index in [0.717, 1.165) is 34.7 Å². The van der Waals surface area contributed by atoms with Gasteiger partial charge in [-0.2, -0.15) is 0 Å². The summed E-state index contributed by atoms with van der Waals surface area (Å²) in [6.07, 6.45) is 0. The van der Waals surface area contributed by atoms with E-state index in [1.54, 1.807) is 0 Å². The summed E-state index contributed by atoms with van der Waals surface area (Å²) in [4.78, 5) is 2.25. The van der Waals surface area contributed by atoms with Gasteiger partial charge < -0.3 is 15.4 Å². The van der Waals surface area contributed by atoms with E-state index in [0.29, 0.717) is 6.61 Å². The van der Waals surface area contributed by atoms with E-state index in [1.807, 2.05) is 42.5 Å². The average Bonchev–Trinajstić information content (AvgIpc) is 2.45. The van der Waals surface area contributed by atoms with Crippen molar-refractivity contribution in [2.24, 2.45) is 0 Å². The zero-order chi connectivity index (χ0) is 14.4. The molecule has 3 nitrogen and oxygen atoms in total. The highest BCUT2D eigenvalue weighted by Gasteiger charge is 2.04. The first-order chi connectivity index (χ1) is 9.69. The van der Waals surface area contributed by atoms with Crippen molar-refractivity contribution in [2.45, 2.75) is 6.92 Å². The lowest BCUT2D eigenvalue weighted by atomic mass is 10.2. The van der Waals surface area contributed by atoms with Gasteiger partial charge in [0, 0.05) is 22.4 Å². The molecule has 0 saturated heterocycles. The maximum Gasteiger partial charge on any atom is 0.119 e.